The van der Waals surface area contributed by atoms with Crippen LogP contribution in [0.1, 0.15) is 23.7 Å². The molecule has 0 radical (unpaired) electrons. The zero-order valence-electron chi connectivity index (χ0n) is 11.1. The van der Waals surface area contributed by atoms with Gasteiger partial charge in [-0.05, 0) is 24.6 Å². The molecule has 0 aliphatic rings. The first-order valence-corrected chi connectivity index (χ1v) is 6.38. The van der Waals surface area contributed by atoms with Crippen LogP contribution in [0.2, 0.25) is 0 Å². The Labute approximate surface area is 116 Å². The molecule has 2 aromatic carbocycles. The van der Waals surface area contributed by atoms with E-state index in [1.807, 2.05) is 13.0 Å². The molecule has 0 aliphatic heterocycles. The van der Waals surface area contributed by atoms with Crippen LogP contribution in [0, 0.1) is 5.82 Å². The Hall–Kier alpha value is -2.36. The third-order valence-corrected chi connectivity index (χ3v) is 2.85. The average Bonchev–Trinajstić information content (AvgIpc) is 2.45. The van der Waals surface area contributed by atoms with Crippen LogP contribution >= 0.6 is 0 Å². The minimum Gasteiger partial charge on any atom is -0.493 e. The van der Waals surface area contributed by atoms with E-state index in [0.717, 1.165) is 12.5 Å². The summed E-state index contributed by atoms with van der Waals surface area (Å²) in [6.45, 7) is 2.54. The Morgan fingerprint density at radius 3 is 2.60 bits per heavy atom. The molecular weight excluding hydrogens is 259 g/mol. The van der Waals surface area contributed by atoms with Gasteiger partial charge >= 0.3 is 5.97 Å². The smallest absolute Gasteiger partial charge is 0.335 e. The fourth-order valence-corrected chi connectivity index (χ4v) is 1.89. The van der Waals surface area contributed by atoms with E-state index in [-0.39, 0.29) is 5.56 Å². The van der Waals surface area contributed by atoms with Crippen molar-refractivity contribution in [2.75, 3.05) is 6.61 Å². The van der Waals surface area contributed by atoms with Crippen LogP contribution in [0.3, 0.4) is 0 Å². The molecule has 3 nitrogen and oxygen atoms in total. The van der Waals surface area contributed by atoms with Crippen molar-refractivity contribution in [1.82, 2.24) is 0 Å². The molecule has 0 aromatic heterocycles. The van der Waals surface area contributed by atoms with Gasteiger partial charge in [-0.3, -0.25) is 0 Å². The van der Waals surface area contributed by atoms with Crippen LogP contribution in [0.5, 0.6) is 5.75 Å². The Morgan fingerprint density at radius 1 is 1.20 bits per heavy atom. The quantitative estimate of drug-likeness (QED) is 0.897. The zero-order chi connectivity index (χ0) is 14.5. The van der Waals surface area contributed by atoms with E-state index in [1.54, 1.807) is 18.2 Å². The summed E-state index contributed by atoms with van der Waals surface area (Å²) in [5.41, 5.74) is 0.885. The minimum absolute atomic E-state index is 0.0711. The SMILES string of the molecule is CCCOc1ccccc1-c1ccc(C(=O)O)cc1F. The van der Waals surface area contributed by atoms with Gasteiger partial charge in [0.05, 0.1) is 12.2 Å². The molecular formula is C16H15FO3. The van der Waals surface area contributed by atoms with Crippen LogP contribution in [-0.2, 0) is 0 Å². The third-order valence-electron chi connectivity index (χ3n) is 2.85. The van der Waals surface area contributed by atoms with E-state index in [1.165, 1.54) is 12.1 Å². The van der Waals surface area contributed by atoms with E-state index in [9.17, 15) is 9.18 Å². The lowest BCUT2D eigenvalue weighted by molar-refractivity contribution is 0.0696. The van der Waals surface area contributed by atoms with Gasteiger partial charge < -0.3 is 9.84 Å². The monoisotopic (exact) mass is 274 g/mol. The summed E-state index contributed by atoms with van der Waals surface area (Å²) in [5, 5.41) is 8.85. The molecule has 20 heavy (non-hydrogen) atoms. The molecule has 0 atom stereocenters. The molecule has 0 bridgehead atoms. The molecule has 2 aromatic rings. The Balaban J connectivity index is 2.43. The molecule has 0 saturated carbocycles. The summed E-state index contributed by atoms with van der Waals surface area (Å²) >= 11 is 0. The van der Waals surface area contributed by atoms with Gasteiger partial charge in [0.25, 0.3) is 0 Å². The number of para-hydroxylation sites is 1. The van der Waals surface area contributed by atoms with Crippen LogP contribution < -0.4 is 4.74 Å². The van der Waals surface area contributed by atoms with Gasteiger partial charge in [-0.2, -0.15) is 0 Å². The van der Waals surface area contributed by atoms with Crippen molar-refractivity contribution in [2.24, 2.45) is 0 Å². The van der Waals surface area contributed by atoms with Crippen molar-refractivity contribution in [2.45, 2.75) is 13.3 Å². The van der Waals surface area contributed by atoms with Gasteiger partial charge in [-0.25, -0.2) is 9.18 Å². The molecule has 0 amide bonds. The van der Waals surface area contributed by atoms with Crippen molar-refractivity contribution < 1.29 is 19.0 Å². The maximum atomic E-state index is 14.1. The van der Waals surface area contributed by atoms with Gasteiger partial charge in [-0.1, -0.05) is 31.2 Å². The van der Waals surface area contributed by atoms with Crippen molar-refractivity contribution in [1.29, 1.82) is 0 Å². The molecule has 2 rings (SSSR count). The number of hydrogen-bond acceptors (Lipinski definition) is 2. The highest BCUT2D eigenvalue weighted by Crippen LogP contribution is 2.32. The summed E-state index contributed by atoms with van der Waals surface area (Å²) in [6.07, 6.45) is 0.856. The van der Waals surface area contributed by atoms with Crippen LogP contribution in [0.4, 0.5) is 4.39 Å². The normalized spacial score (nSPS) is 10.3. The summed E-state index contributed by atoms with van der Waals surface area (Å²) in [5.74, 6) is -1.13. The predicted octanol–water partition coefficient (Wildman–Crippen LogP) is 3.98. The molecule has 0 saturated heterocycles. The van der Waals surface area contributed by atoms with Crippen LogP contribution in [0.25, 0.3) is 11.1 Å². The zero-order valence-corrected chi connectivity index (χ0v) is 11.1. The molecule has 0 heterocycles. The lowest BCUT2D eigenvalue weighted by atomic mass is 10.0. The highest BCUT2D eigenvalue weighted by molar-refractivity contribution is 5.88. The standard InChI is InChI=1S/C16H15FO3/c1-2-9-20-15-6-4-3-5-13(15)12-8-7-11(16(18)19)10-14(12)17/h3-8,10H,2,9H2,1H3,(H,18,19). The highest BCUT2D eigenvalue weighted by Gasteiger charge is 2.13. The second-order valence-electron chi connectivity index (χ2n) is 4.34. The number of benzene rings is 2. The van der Waals surface area contributed by atoms with Crippen molar-refractivity contribution >= 4 is 5.97 Å². The second-order valence-corrected chi connectivity index (χ2v) is 4.34. The number of aromatic carboxylic acids is 1. The van der Waals surface area contributed by atoms with E-state index in [4.69, 9.17) is 9.84 Å². The molecule has 1 N–H and O–H groups in total. The topological polar surface area (TPSA) is 46.5 Å². The van der Waals surface area contributed by atoms with E-state index in [2.05, 4.69) is 0 Å². The average molecular weight is 274 g/mol. The molecule has 0 spiro atoms. The largest absolute Gasteiger partial charge is 0.493 e. The van der Waals surface area contributed by atoms with Gasteiger partial charge in [0, 0.05) is 11.1 Å². The number of ether oxygens (including phenoxy) is 1. The Bertz CT molecular complexity index is 623. The van der Waals surface area contributed by atoms with Gasteiger partial charge in [-0.15, -0.1) is 0 Å². The number of carbonyl (C=O) groups is 1. The number of hydrogen-bond donors (Lipinski definition) is 1. The summed E-state index contributed by atoms with van der Waals surface area (Å²) in [6, 6.07) is 11.0. The van der Waals surface area contributed by atoms with Gasteiger partial charge in [0.15, 0.2) is 0 Å². The van der Waals surface area contributed by atoms with E-state index >= 15 is 0 Å². The number of carboxylic acids is 1. The first-order chi connectivity index (χ1) is 9.63. The van der Waals surface area contributed by atoms with Crippen molar-refractivity contribution in [3.63, 3.8) is 0 Å². The highest BCUT2D eigenvalue weighted by atomic mass is 19.1. The summed E-state index contributed by atoms with van der Waals surface area (Å²) in [4.78, 5) is 10.8. The maximum Gasteiger partial charge on any atom is 0.335 e. The number of carboxylic acid groups (broad SMARTS) is 1. The maximum absolute atomic E-state index is 14.1. The van der Waals surface area contributed by atoms with Gasteiger partial charge in [0.2, 0.25) is 0 Å². The fourth-order valence-electron chi connectivity index (χ4n) is 1.89. The number of rotatable bonds is 5. The first kappa shape index (κ1) is 14.1. The number of halogens is 1. The predicted molar refractivity (Wildman–Crippen MR) is 74.6 cm³/mol. The van der Waals surface area contributed by atoms with E-state index < -0.39 is 11.8 Å². The van der Waals surface area contributed by atoms with E-state index in [0.29, 0.717) is 23.5 Å². The minimum atomic E-state index is -1.15. The lowest BCUT2D eigenvalue weighted by Crippen LogP contribution is -2.00. The van der Waals surface area contributed by atoms with Gasteiger partial charge in [0.1, 0.15) is 11.6 Å². The fraction of sp³-hybridized carbons (Fsp3) is 0.188. The first-order valence-electron chi connectivity index (χ1n) is 6.38. The third kappa shape index (κ3) is 2.96. The van der Waals surface area contributed by atoms with Crippen molar-refractivity contribution in [3.8, 4) is 16.9 Å². The summed E-state index contributed by atoms with van der Waals surface area (Å²) in [7, 11) is 0. The molecule has 4 heteroatoms. The lowest BCUT2D eigenvalue weighted by Gasteiger charge is -2.11. The molecule has 104 valence electrons. The molecule has 0 unspecified atom stereocenters. The molecule has 0 aliphatic carbocycles. The van der Waals surface area contributed by atoms with Crippen molar-refractivity contribution in [3.05, 3.63) is 53.8 Å². The molecule has 0 fully saturated rings. The Morgan fingerprint density at radius 2 is 1.95 bits per heavy atom. The van der Waals surface area contributed by atoms with Crippen LogP contribution in [-0.4, -0.2) is 17.7 Å². The Kier molecular flexibility index (Phi) is 4.35. The van der Waals surface area contributed by atoms with Crippen LogP contribution in [0.15, 0.2) is 42.5 Å². The summed E-state index contributed by atoms with van der Waals surface area (Å²) < 4.78 is 19.7. The second kappa shape index (κ2) is 6.19.